The highest BCUT2D eigenvalue weighted by Gasteiger charge is 2.25. The minimum absolute atomic E-state index is 0.140. The molecular weight excluding hydrogens is 328 g/mol. The zero-order valence-electron chi connectivity index (χ0n) is 16.2. The van der Waals surface area contributed by atoms with Crippen molar-refractivity contribution in [1.29, 1.82) is 0 Å². The number of hydrogen-bond acceptors (Lipinski definition) is 4. The summed E-state index contributed by atoms with van der Waals surface area (Å²) >= 11 is 0. The summed E-state index contributed by atoms with van der Waals surface area (Å²) in [6.07, 6.45) is 2.02. The third-order valence-electron chi connectivity index (χ3n) is 4.91. The molecular formula is C21H28N2O3. The third kappa shape index (κ3) is 4.26. The molecule has 26 heavy (non-hydrogen) atoms. The Hall–Kier alpha value is -2.30. The van der Waals surface area contributed by atoms with E-state index in [1.807, 2.05) is 24.0 Å². The Morgan fingerprint density at radius 2 is 2.00 bits per heavy atom. The van der Waals surface area contributed by atoms with Gasteiger partial charge in [-0.15, -0.1) is 0 Å². The predicted molar refractivity (Wildman–Crippen MR) is 100 cm³/mol. The number of ether oxygens (including phenoxy) is 1. The fourth-order valence-corrected chi connectivity index (χ4v) is 3.21. The van der Waals surface area contributed by atoms with Crippen molar-refractivity contribution in [3.63, 3.8) is 0 Å². The molecule has 1 aliphatic rings. The van der Waals surface area contributed by atoms with Gasteiger partial charge in [-0.1, -0.05) is 38.1 Å². The minimum atomic E-state index is 0.140. The van der Waals surface area contributed by atoms with Crippen LogP contribution in [0.25, 0.3) is 0 Å². The largest absolute Gasteiger partial charge is 0.494 e. The first-order valence-corrected chi connectivity index (χ1v) is 9.30. The minimum Gasteiger partial charge on any atom is -0.494 e. The van der Waals surface area contributed by atoms with Gasteiger partial charge >= 0.3 is 0 Å². The van der Waals surface area contributed by atoms with Gasteiger partial charge in [-0.25, -0.2) is 0 Å². The average molecular weight is 356 g/mol. The molecule has 0 N–H and O–H groups in total. The van der Waals surface area contributed by atoms with Gasteiger partial charge in [0.15, 0.2) is 5.76 Å². The Morgan fingerprint density at radius 3 is 2.69 bits per heavy atom. The summed E-state index contributed by atoms with van der Waals surface area (Å²) in [5.74, 6) is 1.83. The summed E-state index contributed by atoms with van der Waals surface area (Å²) in [6.45, 7) is 10.3. The van der Waals surface area contributed by atoms with E-state index < -0.39 is 0 Å². The highest BCUT2D eigenvalue weighted by molar-refractivity contribution is 5.76. The Kier molecular flexibility index (Phi) is 5.35. The van der Waals surface area contributed by atoms with Crippen LogP contribution in [-0.4, -0.2) is 29.1 Å². The van der Waals surface area contributed by atoms with Crippen LogP contribution >= 0.6 is 0 Å². The maximum atomic E-state index is 12.4. The van der Waals surface area contributed by atoms with Crippen LogP contribution in [0.4, 0.5) is 0 Å². The maximum Gasteiger partial charge on any atom is 0.223 e. The fourth-order valence-electron chi connectivity index (χ4n) is 3.21. The SMILES string of the molecule is Cc1noc2c1CCN(C(=O)CCCOc1ccc(C(C)(C)C)cc1)C2. The van der Waals surface area contributed by atoms with Crippen LogP contribution in [0.15, 0.2) is 28.8 Å². The number of rotatable bonds is 5. The summed E-state index contributed by atoms with van der Waals surface area (Å²) < 4.78 is 11.1. The van der Waals surface area contributed by atoms with E-state index in [9.17, 15) is 4.79 Å². The first-order chi connectivity index (χ1) is 12.3. The normalized spacial score (nSPS) is 14.2. The summed E-state index contributed by atoms with van der Waals surface area (Å²) in [6, 6.07) is 8.21. The zero-order chi connectivity index (χ0) is 18.7. The van der Waals surface area contributed by atoms with E-state index in [0.29, 0.717) is 26.0 Å². The van der Waals surface area contributed by atoms with Crippen molar-refractivity contribution in [3.05, 3.63) is 46.8 Å². The van der Waals surface area contributed by atoms with Crippen molar-refractivity contribution < 1.29 is 14.1 Å². The maximum absolute atomic E-state index is 12.4. The molecule has 0 aliphatic carbocycles. The Bertz CT molecular complexity index is 757. The Morgan fingerprint density at radius 1 is 1.27 bits per heavy atom. The number of carbonyl (C=O) groups excluding carboxylic acids is 1. The van der Waals surface area contributed by atoms with E-state index in [0.717, 1.165) is 35.7 Å². The van der Waals surface area contributed by atoms with Crippen LogP contribution in [0.3, 0.4) is 0 Å². The third-order valence-corrected chi connectivity index (χ3v) is 4.91. The van der Waals surface area contributed by atoms with Crippen molar-refractivity contribution >= 4 is 5.91 Å². The number of aromatic nitrogens is 1. The summed E-state index contributed by atoms with van der Waals surface area (Å²) in [4.78, 5) is 14.2. The number of hydrogen-bond donors (Lipinski definition) is 0. The standard InChI is InChI=1S/C21H28N2O3/c1-15-18-11-12-23(14-19(18)26-22-15)20(24)6-5-13-25-17-9-7-16(8-10-17)21(2,3)4/h7-10H,5-6,11-14H2,1-4H3. The van der Waals surface area contributed by atoms with Crippen LogP contribution in [0.2, 0.25) is 0 Å². The van der Waals surface area contributed by atoms with E-state index in [4.69, 9.17) is 9.26 Å². The van der Waals surface area contributed by atoms with Crippen LogP contribution in [0, 0.1) is 6.92 Å². The molecule has 2 aromatic rings. The lowest BCUT2D eigenvalue weighted by molar-refractivity contribution is -0.132. The number of aryl methyl sites for hydroxylation is 1. The van der Waals surface area contributed by atoms with Crippen molar-refractivity contribution in [2.75, 3.05) is 13.2 Å². The first-order valence-electron chi connectivity index (χ1n) is 9.30. The molecule has 3 rings (SSSR count). The Balaban J connectivity index is 1.42. The van der Waals surface area contributed by atoms with E-state index >= 15 is 0 Å². The molecule has 5 nitrogen and oxygen atoms in total. The molecule has 1 aromatic carbocycles. The number of benzene rings is 1. The van der Waals surface area contributed by atoms with Crippen molar-refractivity contribution in [1.82, 2.24) is 10.1 Å². The molecule has 0 fully saturated rings. The lowest BCUT2D eigenvalue weighted by atomic mass is 9.87. The summed E-state index contributed by atoms with van der Waals surface area (Å²) in [5.41, 5.74) is 3.53. The van der Waals surface area contributed by atoms with E-state index in [-0.39, 0.29) is 11.3 Å². The Labute approximate surface area is 155 Å². The molecule has 0 radical (unpaired) electrons. The smallest absolute Gasteiger partial charge is 0.223 e. The molecule has 0 bridgehead atoms. The fraction of sp³-hybridized carbons (Fsp3) is 0.524. The average Bonchev–Trinajstić information content (AvgIpc) is 2.98. The van der Waals surface area contributed by atoms with Crippen LogP contribution < -0.4 is 4.74 Å². The quantitative estimate of drug-likeness (QED) is 0.759. The number of amides is 1. The van der Waals surface area contributed by atoms with Gasteiger partial charge in [0.1, 0.15) is 5.75 Å². The van der Waals surface area contributed by atoms with Crippen molar-refractivity contribution in [2.24, 2.45) is 0 Å². The molecule has 1 amide bonds. The van der Waals surface area contributed by atoms with E-state index in [1.54, 1.807) is 0 Å². The van der Waals surface area contributed by atoms with Gasteiger partial charge in [-0.05, 0) is 42.9 Å². The molecule has 5 heteroatoms. The zero-order valence-corrected chi connectivity index (χ0v) is 16.2. The molecule has 0 saturated carbocycles. The van der Waals surface area contributed by atoms with Crippen LogP contribution in [0.1, 0.15) is 56.2 Å². The van der Waals surface area contributed by atoms with Gasteiger partial charge in [-0.2, -0.15) is 0 Å². The molecule has 1 aliphatic heterocycles. The predicted octanol–water partition coefficient (Wildman–Crippen LogP) is 4.02. The monoisotopic (exact) mass is 356 g/mol. The molecule has 0 atom stereocenters. The molecule has 0 spiro atoms. The lowest BCUT2D eigenvalue weighted by Crippen LogP contribution is -2.35. The second-order valence-corrected chi connectivity index (χ2v) is 7.96. The molecule has 2 heterocycles. The van der Waals surface area contributed by atoms with E-state index in [1.165, 1.54) is 5.56 Å². The van der Waals surface area contributed by atoms with Crippen molar-refractivity contribution in [2.45, 2.75) is 58.9 Å². The number of carbonyl (C=O) groups is 1. The molecule has 0 saturated heterocycles. The van der Waals surface area contributed by atoms with Gasteiger partial charge in [0.05, 0.1) is 18.8 Å². The summed E-state index contributed by atoms with van der Waals surface area (Å²) in [5, 5.41) is 3.99. The molecule has 140 valence electrons. The molecule has 0 unspecified atom stereocenters. The van der Waals surface area contributed by atoms with Gasteiger partial charge in [0.2, 0.25) is 5.91 Å². The number of fused-ring (bicyclic) bond motifs is 1. The highest BCUT2D eigenvalue weighted by Crippen LogP contribution is 2.25. The summed E-state index contributed by atoms with van der Waals surface area (Å²) in [7, 11) is 0. The second kappa shape index (κ2) is 7.52. The van der Waals surface area contributed by atoms with Gasteiger partial charge in [0, 0.05) is 18.5 Å². The number of nitrogens with zero attached hydrogens (tertiary/aromatic N) is 2. The molecule has 1 aromatic heterocycles. The van der Waals surface area contributed by atoms with Crippen LogP contribution in [-0.2, 0) is 23.2 Å². The topological polar surface area (TPSA) is 55.6 Å². The van der Waals surface area contributed by atoms with Gasteiger partial charge < -0.3 is 14.2 Å². The van der Waals surface area contributed by atoms with Crippen molar-refractivity contribution in [3.8, 4) is 5.75 Å². The van der Waals surface area contributed by atoms with Gasteiger partial charge in [-0.3, -0.25) is 4.79 Å². The van der Waals surface area contributed by atoms with Crippen LogP contribution in [0.5, 0.6) is 5.75 Å². The second-order valence-electron chi connectivity index (χ2n) is 7.96. The lowest BCUT2D eigenvalue weighted by Gasteiger charge is -2.25. The first kappa shape index (κ1) is 18.5. The van der Waals surface area contributed by atoms with E-state index in [2.05, 4.69) is 38.1 Å². The highest BCUT2D eigenvalue weighted by atomic mass is 16.5. The van der Waals surface area contributed by atoms with Gasteiger partial charge in [0.25, 0.3) is 0 Å².